The number of methoxy groups -OCH3 is 1. The molecule has 0 aliphatic heterocycles. The van der Waals surface area contributed by atoms with Crippen LogP contribution < -0.4 is 15.4 Å². The number of para-hydroxylation sites is 1. The number of anilines is 1. The minimum absolute atomic E-state index is 0.0786. The molecule has 2 aromatic carbocycles. The molecule has 3 rings (SSSR count). The number of rotatable bonds is 8. The molecule has 1 aromatic heterocycles. The van der Waals surface area contributed by atoms with Gasteiger partial charge in [-0.15, -0.1) is 0 Å². The Balaban J connectivity index is 1.42. The van der Waals surface area contributed by atoms with E-state index in [0.29, 0.717) is 29.4 Å². The lowest BCUT2D eigenvalue weighted by atomic mass is 10.1. The molecule has 3 aromatic rings. The van der Waals surface area contributed by atoms with E-state index in [1.165, 1.54) is 10.9 Å². The van der Waals surface area contributed by atoms with Crippen molar-refractivity contribution in [1.29, 1.82) is 0 Å². The largest absolute Gasteiger partial charge is 0.495 e. The third-order valence-corrected chi connectivity index (χ3v) is 4.45. The third-order valence-electron chi connectivity index (χ3n) is 4.21. The van der Waals surface area contributed by atoms with Gasteiger partial charge in [0.25, 0.3) is 0 Å². The van der Waals surface area contributed by atoms with Crippen LogP contribution in [-0.4, -0.2) is 31.1 Å². The number of aromatic nitrogens is 1. The molecule has 0 atom stereocenters. The summed E-state index contributed by atoms with van der Waals surface area (Å²) in [5, 5.41) is 7.95. The van der Waals surface area contributed by atoms with Gasteiger partial charge in [-0.05, 0) is 42.8 Å². The Kier molecular flexibility index (Phi) is 6.15. The van der Waals surface area contributed by atoms with Crippen LogP contribution in [0.3, 0.4) is 0 Å². The molecule has 26 heavy (non-hydrogen) atoms. The first-order valence-corrected chi connectivity index (χ1v) is 8.94. The van der Waals surface area contributed by atoms with E-state index in [1.807, 2.05) is 18.3 Å². The van der Waals surface area contributed by atoms with Crippen LogP contribution in [0.25, 0.3) is 10.9 Å². The lowest BCUT2D eigenvalue weighted by molar-refractivity contribution is -0.116. The summed E-state index contributed by atoms with van der Waals surface area (Å²) in [5.41, 5.74) is 3.02. The van der Waals surface area contributed by atoms with Gasteiger partial charge in [-0.25, -0.2) is 0 Å². The molecule has 1 amide bonds. The Morgan fingerprint density at radius 1 is 1.19 bits per heavy atom. The maximum atomic E-state index is 12.1. The standard InChI is InChI=1S/C20H22ClN3O2/c1-26-19-7-6-15(21)12-18(19)24-20(25)9-11-22-10-8-14-13-23-17-5-3-2-4-16(14)17/h2-7,12-13,22-23H,8-11H2,1H3,(H,24,25). The van der Waals surface area contributed by atoms with E-state index in [2.05, 4.69) is 27.8 Å². The zero-order valence-electron chi connectivity index (χ0n) is 14.6. The fourth-order valence-electron chi connectivity index (χ4n) is 2.88. The number of amides is 1. The number of hydrogen-bond donors (Lipinski definition) is 3. The summed E-state index contributed by atoms with van der Waals surface area (Å²) in [4.78, 5) is 15.4. The maximum Gasteiger partial charge on any atom is 0.225 e. The Bertz CT molecular complexity index is 892. The first-order chi connectivity index (χ1) is 12.7. The van der Waals surface area contributed by atoms with Crippen molar-refractivity contribution in [2.24, 2.45) is 0 Å². The number of H-pyrrole nitrogens is 1. The molecule has 3 N–H and O–H groups in total. The zero-order valence-corrected chi connectivity index (χ0v) is 15.4. The van der Waals surface area contributed by atoms with E-state index < -0.39 is 0 Å². The molecule has 0 fully saturated rings. The van der Waals surface area contributed by atoms with Crippen LogP contribution in [0.2, 0.25) is 5.02 Å². The second-order valence-corrected chi connectivity index (χ2v) is 6.44. The number of hydrogen-bond acceptors (Lipinski definition) is 3. The highest BCUT2D eigenvalue weighted by Crippen LogP contribution is 2.27. The smallest absolute Gasteiger partial charge is 0.225 e. The summed E-state index contributed by atoms with van der Waals surface area (Å²) in [6.45, 7) is 1.42. The van der Waals surface area contributed by atoms with Crippen LogP contribution in [0.1, 0.15) is 12.0 Å². The molecule has 0 spiro atoms. The highest BCUT2D eigenvalue weighted by atomic mass is 35.5. The second kappa shape index (κ2) is 8.74. The van der Waals surface area contributed by atoms with Crippen molar-refractivity contribution in [2.75, 3.05) is 25.5 Å². The van der Waals surface area contributed by atoms with Crippen molar-refractivity contribution < 1.29 is 9.53 Å². The highest BCUT2D eigenvalue weighted by Gasteiger charge is 2.08. The van der Waals surface area contributed by atoms with Crippen molar-refractivity contribution in [2.45, 2.75) is 12.8 Å². The molecule has 5 nitrogen and oxygen atoms in total. The van der Waals surface area contributed by atoms with Crippen LogP contribution in [0.5, 0.6) is 5.75 Å². The summed E-state index contributed by atoms with van der Waals surface area (Å²) in [6.07, 6.45) is 3.34. The molecular formula is C20H22ClN3O2. The SMILES string of the molecule is COc1ccc(Cl)cc1NC(=O)CCNCCc1c[nH]c2ccccc12. The first-order valence-electron chi connectivity index (χ1n) is 8.56. The van der Waals surface area contributed by atoms with Gasteiger partial charge in [0.15, 0.2) is 0 Å². The minimum Gasteiger partial charge on any atom is -0.495 e. The molecule has 0 aliphatic rings. The number of ether oxygens (including phenoxy) is 1. The molecule has 0 bridgehead atoms. The van der Waals surface area contributed by atoms with Crippen LogP contribution >= 0.6 is 11.6 Å². The number of nitrogens with one attached hydrogen (secondary N) is 3. The lowest BCUT2D eigenvalue weighted by Crippen LogP contribution is -2.23. The Hall–Kier alpha value is -2.50. The molecule has 0 radical (unpaired) electrons. The molecule has 6 heteroatoms. The molecule has 0 aliphatic carbocycles. The topological polar surface area (TPSA) is 66.2 Å². The van der Waals surface area contributed by atoms with E-state index in [1.54, 1.807) is 25.3 Å². The third kappa shape index (κ3) is 4.56. The monoisotopic (exact) mass is 371 g/mol. The Labute approximate surface area is 157 Å². The van der Waals surface area contributed by atoms with Crippen LogP contribution in [0, 0.1) is 0 Å². The quantitative estimate of drug-likeness (QED) is 0.524. The summed E-state index contributed by atoms with van der Waals surface area (Å²) in [5.74, 6) is 0.514. The van der Waals surface area contributed by atoms with Gasteiger partial charge in [-0.2, -0.15) is 0 Å². The molecule has 1 heterocycles. The van der Waals surface area contributed by atoms with Crippen molar-refractivity contribution in [3.05, 3.63) is 59.2 Å². The van der Waals surface area contributed by atoms with Crippen molar-refractivity contribution in [3.63, 3.8) is 0 Å². The van der Waals surface area contributed by atoms with Gasteiger partial charge in [0.1, 0.15) is 5.75 Å². The zero-order chi connectivity index (χ0) is 18.4. The first kappa shape index (κ1) is 18.3. The van der Waals surface area contributed by atoms with Crippen molar-refractivity contribution >= 4 is 34.1 Å². The number of halogens is 1. The molecule has 136 valence electrons. The van der Waals surface area contributed by atoms with E-state index in [9.17, 15) is 4.79 Å². The number of carbonyl (C=O) groups excluding carboxylic acids is 1. The molecule has 0 unspecified atom stereocenters. The second-order valence-electron chi connectivity index (χ2n) is 6.00. The maximum absolute atomic E-state index is 12.1. The van der Waals surface area contributed by atoms with Crippen LogP contribution in [0.15, 0.2) is 48.7 Å². The average molecular weight is 372 g/mol. The predicted octanol–water partition coefficient (Wildman–Crippen LogP) is 3.99. The summed E-state index contributed by atoms with van der Waals surface area (Å²) < 4.78 is 5.23. The Morgan fingerprint density at radius 3 is 2.88 bits per heavy atom. The fourth-order valence-corrected chi connectivity index (χ4v) is 3.05. The van der Waals surface area contributed by atoms with Crippen molar-refractivity contribution in [3.8, 4) is 5.75 Å². The van der Waals surface area contributed by atoms with E-state index in [0.717, 1.165) is 18.5 Å². The number of carbonyl (C=O) groups is 1. The minimum atomic E-state index is -0.0786. The number of aromatic amines is 1. The van der Waals surface area contributed by atoms with Gasteiger partial charge in [-0.1, -0.05) is 29.8 Å². The number of benzene rings is 2. The summed E-state index contributed by atoms with van der Waals surface area (Å²) in [7, 11) is 1.56. The highest BCUT2D eigenvalue weighted by molar-refractivity contribution is 6.31. The average Bonchev–Trinajstić information content (AvgIpc) is 3.05. The van der Waals surface area contributed by atoms with Gasteiger partial charge >= 0.3 is 0 Å². The van der Waals surface area contributed by atoms with E-state index >= 15 is 0 Å². The van der Waals surface area contributed by atoms with E-state index in [4.69, 9.17) is 16.3 Å². The Morgan fingerprint density at radius 2 is 2.04 bits per heavy atom. The normalized spacial score (nSPS) is 10.8. The molecule has 0 saturated heterocycles. The predicted molar refractivity (Wildman–Crippen MR) is 106 cm³/mol. The van der Waals surface area contributed by atoms with Crippen LogP contribution in [0.4, 0.5) is 5.69 Å². The fraction of sp³-hybridized carbons (Fsp3) is 0.250. The van der Waals surface area contributed by atoms with Gasteiger partial charge in [-0.3, -0.25) is 4.79 Å². The van der Waals surface area contributed by atoms with Gasteiger partial charge < -0.3 is 20.4 Å². The summed E-state index contributed by atoms with van der Waals surface area (Å²) >= 11 is 5.97. The van der Waals surface area contributed by atoms with Gasteiger partial charge in [0.05, 0.1) is 12.8 Å². The lowest BCUT2D eigenvalue weighted by Gasteiger charge is -2.11. The summed E-state index contributed by atoms with van der Waals surface area (Å²) in [6, 6.07) is 13.4. The van der Waals surface area contributed by atoms with E-state index in [-0.39, 0.29) is 5.91 Å². The molecular weight excluding hydrogens is 350 g/mol. The van der Waals surface area contributed by atoms with Crippen LogP contribution in [-0.2, 0) is 11.2 Å². The van der Waals surface area contributed by atoms with Gasteiger partial charge in [0, 0.05) is 35.1 Å². The van der Waals surface area contributed by atoms with Gasteiger partial charge in [0.2, 0.25) is 5.91 Å². The van der Waals surface area contributed by atoms with Crippen molar-refractivity contribution in [1.82, 2.24) is 10.3 Å². The molecule has 0 saturated carbocycles. The number of fused-ring (bicyclic) bond motifs is 1.